The molecule has 2 aromatic rings. The SMILES string of the molecule is COc1ccc(C(O)=C2C(=O)C(=O)N(CCN3CCOCC3)[C@H]2c2cc(OC)ccc2OC)c(C)c1. The fourth-order valence-electron chi connectivity index (χ4n) is 4.73. The summed E-state index contributed by atoms with van der Waals surface area (Å²) in [6.45, 7) is 5.44. The molecule has 0 unspecified atom stereocenters. The summed E-state index contributed by atoms with van der Waals surface area (Å²) in [4.78, 5) is 30.5. The van der Waals surface area contributed by atoms with Crippen molar-refractivity contribution in [3.05, 3.63) is 58.7 Å². The second-order valence-electron chi connectivity index (χ2n) is 8.74. The maximum absolute atomic E-state index is 13.4. The van der Waals surface area contributed by atoms with Gasteiger partial charge in [0.25, 0.3) is 11.7 Å². The lowest BCUT2D eigenvalue weighted by Gasteiger charge is -2.31. The fourth-order valence-corrected chi connectivity index (χ4v) is 4.73. The van der Waals surface area contributed by atoms with Crippen LogP contribution in [-0.4, -0.2) is 87.3 Å². The van der Waals surface area contributed by atoms with Crippen LogP contribution in [0.3, 0.4) is 0 Å². The molecule has 9 nitrogen and oxygen atoms in total. The summed E-state index contributed by atoms with van der Waals surface area (Å²) in [6, 6.07) is 9.53. The number of aliphatic hydroxyl groups excluding tert-OH is 1. The molecule has 4 rings (SSSR count). The Labute approximate surface area is 210 Å². The first kappa shape index (κ1) is 25.5. The van der Waals surface area contributed by atoms with Gasteiger partial charge in [0.1, 0.15) is 23.0 Å². The standard InChI is InChI=1S/C27H32N2O7/c1-17-15-18(33-2)5-7-20(17)25(30)23-24(21-16-19(34-3)6-8-22(21)35-4)29(27(32)26(23)31)10-9-28-11-13-36-14-12-28/h5-8,15-16,24,30H,9-14H2,1-4H3/t24-/m0/s1. The monoisotopic (exact) mass is 496 g/mol. The summed E-state index contributed by atoms with van der Waals surface area (Å²) in [5.74, 6) is 0.0188. The molecule has 2 saturated heterocycles. The van der Waals surface area contributed by atoms with E-state index in [-0.39, 0.29) is 11.3 Å². The summed E-state index contributed by atoms with van der Waals surface area (Å²) in [7, 11) is 4.63. The lowest BCUT2D eigenvalue weighted by Crippen LogP contribution is -2.42. The molecule has 192 valence electrons. The molecule has 2 aliphatic heterocycles. The van der Waals surface area contributed by atoms with Gasteiger partial charge >= 0.3 is 0 Å². The Morgan fingerprint density at radius 3 is 2.28 bits per heavy atom. The van der Waals surface area contributed by atoms with E-state index in [0.29, 0.717) is 60.2 Å². The van der Waals surface area contributed by atoms with Gasteiger partial charge in [0.15, 0.2) is 0 Å². The number of carbonyl (C=O) groups excluding carboxylic acids is 2. The Bertz CT molecular complexity index is 1170. The highest BCUT2D eigenvalue weighted by Crippen LogP contribution is 2.44. The maximum atomic E-state index is 13.4. The molecule has 2 heterocycles. The lowest BCUT2D eigenvalue weighted by molar-refractivity contribution is -0.140. The summed E-state index contributed by atoms with van der Waals surface area (Å²) in [5, 5.41) is 11.4. The Hall–Kier alpha value is -3.56. The molecule has 36 heavy (non-hydrogen) atoms. The topological polar surface area (TPSA) is 97.8 Å². The van der Waals surface area contributed by atoms with Crippen LogP contribution < -0.4 is 14.2 Å². The van der Waals surface area contributed by atoms with Gasteiger partial charge in [-0.3, -0.25) is 14.5 Å². The first-order valence-electron chi connectivity index (χ1n) is 11.8. The Morgan fingerprint density at radius 2 is 1.64 bits per heavy atom. The zero-order valence-corrected chi connectivity index (χ0v) is 21.1. The predicted octanol–water partition coefficient (Wildman–Crippen LogP) is 2.77. The van der Waals surface area contributed by atoms with Crippen LogP contribution in [-0.2, 0) is 14.3 Å². The van der Waals surface area contributed by atoms with Gasteiger partial charge in [-0.15, -0.1) is 0 Å². The number of morpholine rings is 1. The molecule has 1 N–H and O–H groups in total. The smallest absolute Gasteiger partial charge is 0.295 e. The minimum absolute atomic E-state index is 0.0156. The lowest BCUT2D eigenvalue weighted by atomic mass is 9.93. The molecule has 0 bridgehead atoms. The van der Waals surface area contributed by atoms with Crippen LogP contribution in [0.2, 0.25) is 0 Å². The van der Waals surface area contributed by atoms with Crippen molar-refractivity contribution < 1.29 is 33.6 Å². The van der Waals surface area contributed by atoms with Gasteiger partial charge in [0.2, 0.25) is 0 Å². The Balaban J connectivity index is 1.84. The van der Waals surface area contributed by atoms with E-state index in [4.69, 9.17) is 18.9 Å². The van der Waals surface area contributed by atoms with Gasteiger partial charge in [-0.25, -0.2) is 0 Å². The number of ketones is 1. The number of rotatable bonds is 8. The van der Waals surface area contributed by atoms with Gasteiger partial charge in [-0.1, -0.05) is 0 Å². The van der Waals surface area contributed by atoms with E-state index < -0.39 is 17.7 Å². The molecule has 2 aliphatic rings. The first-order valence-corrected chi connectivity index (χ1v) is 11.8. The van der Waals surface area contributed by atoms with Gasteiger partial charge in [-0.05, 0) is 48.9 Å². The largest absolute Gasteiger partial charge is 0.507 e. The van der Waals surface area contributed by atoms with E-state index >= 15 is 0 Å². The average molecular weight is 497 g/mol. The molecule has 0 spiro atoms. The van der Waals surface area contributed by atoms with Crippen molar-refractivity contribution in [3.63, 3.8) is 0 Å². The molecule has 1 atom stereocenters. The van der Waals surface area contributed by atoms with Crippen LogP contribution in [0.25, 0.3) is 5.76 Å². The summed E-state index contributed by atoms with van der Waals surface area (Å²) in [6.07, 6.45) is 0. The van der Waals surface area contributed by atoms with Crippen molar-refractivity contribution in [1.29, 1.82) is 0 Å². The predicted molar refractivity (Wildman–Crippen MR) is 134 cm³/mol. The highest BCUT2D eigenvalue weighted by molar-refractivity contribution is 6.46. The van der Waals surface area contributed by atoms with E-state index in [1.165, 1.54) is 12.0 Å². The number of aryl methyl sites for hydroxylation is 1. The van der Waals surface area contributed by atoms with Crippen molar-refractivity contribution >= 4 is 17.4 Å². The minimum atomic E-state index is -0.849. The number of Topliss-reactive ketones (excluding diaryl/α,β-unsaturated/α-hetero) is 1. The van der Waals surface area contributed by atoms with Gasteiger partial charge < -0.3 is 29.0 Å². The highest BCUT2D eigenvalue weighted by Gasteiger charge is 2.47. The molecule has 2 aromatic carbocycles. The first-order chi connectivity index (χ1) is 17.4. The van der Waals surface area contributed by atoms with E-state index in [0.717, 1.165) is 13.1 Å². The fraction of sp³-hybridized carbons (Fsp3) is 0.407. The van der Waals surface area contributed by atoms with Crippen LogP contribution in [0.4, 0.5) is 0 Å². The molecule has 0 aliphatic carbocycles. The number of ether oxygens (including phenoxy) is 4. The van der Waals surface area contributed by atoms with Crippen LogP contribution in [0.1, 0.15) is 22.7 Å². The number of likely N-dealkylation sites (tertiary alicyclic amines) is 1. The number of amides is 1. The molecule has 1 amide bonds. The number of nitrogens with zero attached hydrogens (tertiary/aromatic N) is 2. The summed E-state index contributed by atoms with van der Waals surface area (Å²) < 4.78 is 21.7. The average Bonchev–Trinajstić information content (AvgIpc) is 3.16. The second kappa shape index (κ2) is 11.0. The number of hydrogen-bond acceptors (Lipinski definition) is 8. The molecule has 0 aromatic heterocycles. The highest BCUT2D eigenvalue weighted by atomic mass is 16.5. The van der Waals surface area contributed by atoms with E-state index in [2.05, 4.69) is 4.90 Å². The summed E-state index contributed by atoms with van der Waals surface area (Å²) >= 11 is 0. The normalized spacial score (nSPS) is 20.0. The Morgan fingerprint density at radius 1 is 0.972 bits per heavy atom. The van der Waals surface area contributed by atoms with Gasteiger partial charge in [-0.2, -0.15) is 0 Å². The van der Waals surface area contributed by atoms with Crippen LogP contribution in [0, 0.1) is 6.92 Å². The maximum Gasteiger partial charge on any atom is 0.295 e. The van der Waals surface area contributed by atoms with Crippen molar-refractivity contribution in [2.24, 2.45) is 0 Å². The Kier molecular flexibility index (Phi) is 7.81. The van der Waals surface area contributed by atoms with Crippen molar-refractivity contribution in [3.8, 4) is 17.2 Å². The quantitative estimate of drug-likeness (QED) is 0.339. The number of methoxy groups -OCH3 is 3. The third-order valence-corrected chi connectivity index (χ3v) is 6.72. The van der Waals surface area contributed by atoms with Crippen LogP contribution >= 0.6 is 0 Å². The molecule has 2 fully saturated rings. The van der Waals surface area contributed by atoms with Gasteiger partial charge in [0, 0.05) is 37.3 Å². The van der Waals surface area contributed by atoms with Crippen molar-refractivity contribution in [2.75, 3.05) is 60.7 Å². The van der Waals surface area contributed by atoms with Crippen LogP contribution in [0.15, 0.2) is 42.0 Å². The number of hydrogen-bond donors (Lipinski definition) is 1. The second-order valence-corrected chi connectivity index (χ2v) is 8.74. The van der Waals surface area contributed by atoms with Crippen molar-refractivity contribution in [2.45, 2.75) is 13.0 Å². The third kappa shape index (κ3) is 4.89. The number of carbonyl (C=O) groups is 2. The number of aliphatic hydroxyl groups is 1. The van der Waals surface area contributed by atoms with Gasteiger partial charge in [0.05, 0.1) is 46.2 Å². The zero-order chi connectivity index (χ0) is 25.8. The zero-order valence-electron chi connectivity index (χ0n) is 21.1. The summed E-state index contributed by atoms with van der Waals surface area (Å²) in [5.41, 5.74) is 1.74. The third-order valence-electron chi connectivity index (χ3n) is 6.72. The molecular weight excluding hydrogens is 464 g/mol. The molecule has 0 radical (unpaired) electrons. The van der Waals surface area contributed by atoms with E-state index in [9.17, 15) is 14.7 Å². The molecule has 9 heteroatoms. The molecular formula is C27H32N2O7. The van der Waals surface area contributed by atoms with Crippen LogP contribution in [0.5, 0.6) is 17.2 Å². The van der Waals surface area contributed by atoms with Crippen molar-refractivity contribution in [1.82, 2.24) is 9.80 Å². The van der Waals surface area contributed by atoms with E-state index in [1.807, 2.05) is 6.92 Å². The minimum Gasteiger partial charge on any atom is -0.507 e. The molecule has 0 saturated carbocycles. The number of benzene rings is 2. The van der Waals surface area contributed by atoms with E-state index in [1.54, 1.807) is 50.6 Å².